The molecule has 0 saturated heterocycles. The van der Waals surface area contributed by atoms with E-state index in [4.69, 9.17) is 9.15 Å². The Kier molecular flexibility index (Phi) is 5.57. The van der Waals surface area contributed by atoms with E-state index in [-0.39, 0.29) is 12.4 Å². The molecule has 4 rings (SSSR count). The highest BCUT2D eigenvalue weighted by atomic mass is 19.1. The van der Waals surface area contributed by atoms with Crippen molar-refractivity contribution < 1.29 is 18.3 Å². The Bertz CT molecular complexity index is 1180. The predicted molar refractivity (Wildman–Crippen MR) is 113 cm³/mol. The molecule has 1 N–H and O–H groups in total. The van der Waals surface area contributed by atoms with Crippen LogP contribution in [0.25, 0.3) is 11.0 Å². The van der Waals surface area contributed by atoms with Gasteiger partial charge in [0.25, 0.3) is 5.91 Å². The molecule has 0 atom stereocenters. The maximum Gasteiger partial charge on any atom is 0.275 e. The molecule has 150 valence electrons. The second-order valence-corrected chi connectivity index (χ2v) is 6.70. The molecule has 0 bridgehead atoms. The van der Waals surface area contributed by atoms with Gasteiger partial charge in [0.15, 0.2) is 5.76 Å². The molecule has 1 amide bonds. The van der Waals surface area contributed by atoms with Gasteiger partial charge in [-0.1, -0.05) is 42.5 Å². The molecule has 6 heteroatoms. The average Bonchev–Trinajstić information content (AvgIpc) is 3.21. The summed E-state index contributed by atoms with van der Waals surface area (Å²) in [6.45, 7) is 1.97. The van der Waals surface area contributed by atoms with Gasteiger partial charge in [-0.15, -0.1) is 0 Å². The van der Waals surface area contributed by atoms with Crippen molar-refractivity contribution in [3.05, 3.63) is 102 Å². The molecule has 0 saturated carbocycles. The van der Waals surface area contributed by atoms with Crippen LogP contribution >= 0.6 is 0 Å². The van der Waals surface area contributed by atoms with E-state index in [1.54, 1.807) is 43.3 Å². The summed E-state index contributed by atoms with van der Waals surface area (Å²) in [7, 11) is 0. The molecular formula is C24H19FN2O3. The van der Waals surface area contributed by atoms with Gasteiger partial charge in [0.1, 0.15) is 29.5 Å². The Morgan fingerprint density at radius 3 is 2.57 bits per heavy atom. The highest BCUT2D eigenvalue weighted by Crippen LogP contribution is 2.21. The number of hydrogen-bond acceptors (Lipinski definition) is 4. The van der Waals surface area contributed by atoms with Crippen molar-refractivity contribution in [3.8, 4) is 5.75 Å². The molecule has 4 aromatic rings. The van der Waals surface area contributed by atoms with E-state index in [0.29, 0.717) is 22.8 Å². The number of fused-ring (bicyclic) bond motifs is 1. The minimum atomic E-state index is -0.403. The number of halogens is 1. The molecule has 0 spiro atoms. The van der Waals surface area contributed by atoms with Crippen LogP contribution in [-0.4, -0.2) is 11.6 Å². The van der Waals surface area contributed by atoms with Crippen molar-refractivity contribution in [1.82, 2.24) is 5.43 Å². The normalized spacial score (nSPS) is 11.5. The Labute approximate surface area is 172 Å². The summed E-state index contributed by atoms with van der Waals surface area (Å²) in [5.41, 5.74) is 4.99. The molecule has 30 heavy (non-hydrogen) atoms. The Morgan fingerprint density at radius 2 is 1.77 bits per heavy atom. The SMILES string of the molecule is CC(=NNC(=O)c1ccccc1OCc1ccc(F)cc1)c1cc2ccccc2o1. The molecule has 3 aromatic carbocycles. The van der Waals surface area contributed by atoms with E-state index in [1.165, 1.54) is 12.1 Å². The molecule has 5 nitrogen and oxygen atoms in total. The van der Waals surface area contributed by atoms with E-state index < -0.39 is 5.91 Å². The van der Waals surface area contributed by atoms with Gasteiger partial charge in [-0.3, -0.25) is 4.79 Å². The Morgan fingerprint density at radius 1 is 1.03 bits per heavy atom. The molecule has 1 heterocycles. The summed E-state index contributed by atoms with van der Waals surface area (Å²) in [4.78, 5) is 12.7. The number of hydrazone groups is 1. The maximum atomic E-state index is 13.0. The van der Waals surface area contributed by atoms with Crippen molar-refractivity contribution in [2.45, 2.75) is 13.5 Å². The maximum absolute atomic E-state index is 13.0. The zero-order chi connectivity index (χ0) is 20.9. The molecule has 0 unspecified atom stereocenters. The Hall–Kier alpha value is -3.93. The van der Waals surface area contributed by atoms with Crippen molar-refractivity contribution in [1.29, 1.82) is 0 Å². The lowest BCUT2D eigenvalue weighted by Crippen LogP contribution is -2.20. The monoisotopic (exact) mass is 402 g/mol. The van der Waals surface area contributed by atoms with Crippen molar-refractivity contribution in [2.75, 3.05) is 0 Å². The first-order valence-electron chi connectivity index (χ1n) is 9.40. The van der Waals surface area contributed by atoms with Crippen LogP contribution in [0.15, 0.2) is 88.4 Å². The first-order valence-corrected chi connectivity index (χ1v) is 9.40. The minimum absolute atomic E-state index is 0.214. The largest absolute Gasteiger partial charge is 0.488 e. The zero-order valence-electron chi connectivity index (χ0n) is 16.3. The number of nitrogens with zero attached hydrogens (tertiary/aromatic N) is 1. The number of carbonyl (C=O) groups excluding carboxylic acids is 1. The van der Waals surface area contributed by atoms with Crippen LogP contribution in [0.4, 0.5) is 4.39 Å². The number of nitrogens with one attached hydrogen (secondary N) is 1. The third-order valence-electron chi connectivity index (χ3n) is 4.55. The van der Waals surface area contributed by atoms with Gasteiger partial charge in [-0.25, -0.2) is 9.82 Å². The number of hydrogen-bond donors (Lipinski definition) is 1. The summed E-state index contributed by atoms with van der Waals surface area (Å²) in [6, 6.07) is 22.4. The summed E-state index contributed by atoms with van der Waals surface area (Å²) in [5.74, 6) is 0.282. The van der Waals surface area contributed by atoms with Crippen LogP contribution in [0, 0.1) is 5.82 Å². The van der Waals surface area contributed by atoms with Gasteiger partial charge in [0.2, 0.25) is 0 Å². The molecule has 1 aromatic heterocycles. The lowest BCUT2D eigenvalue weighted by molar-refractivity contribution is 0.0950. The van der Waals surface area contributed by atoms with Gasteiger partial charge in [0.05, 0.1) is 5.56 Å². The predicted octanol–water partition coefficient (Wildman–Crippen LogP) is 5.30. The number of para-hydroxylation sites is 2. The number of rotatable bonds is 6. The molecule has 0 aliphatic carbocycles. The van der Waals surface area contributed by atoms with E-state index in [2.05, 4.69) is 10.5 Å². The third kappa shape index (κ3) is 4.38. The fourth-order valence-corrected chi connectivity index (χ4v) is 2.93. The molecule has 0 aliphatic rings. The van der Waals surface area contributed by atoms with Gasteiger partial charge in [-0.05, 0) is 48.9 Å². The molecule has 0 aliphatic heterocycles. The Balaban J connectivity index is 1.46. The lowest BCUT2D eigenvalue weighted by Gasteiger charge is -2.10. The topological polar surface area (TPSA) is 63.8 Å². The number of furan rings is 1. The summed E-state index contributed by atoms with van der Waals surface area (Å²) >= 11 is 0. The fourth-order valence-electron chi connectivity index (χ4n) is 2.93. The van der Waals surface area contributed by atoms with Crippen molar-refractivity contribution in [3.63, 3.8) is 0 Å². The summed E-state index contributed by atoms with van der Waals surface area (Å²) in [6.07, 6.45) is 0. The van der Waals surface area contributed by atoms with Gasteiger partial charge < -0.3 is 9.15 Å². The van der Waals surface area contributed by atoms with Crippen LogP contribution in [0.2, 0.25) is 0 Å². The molecular weight excluding hydrogens is 383 g/mol. The van der Waals surface area contributed by atoms with E-state index >= 15 is 0 Å². The zero-order valence-corrected chi connectivity index (χ0v) is 16.3. The van der Waals surface area contributed by atoms with Crippen LogP contribution in [-0.2, 0) is 6.61 Å². The third-order valence-corrected chi connectivity index (χ3v) is 4.55. The second-order valence-electron chi connectivity index (χ2n) is 6.70. The van der Waals surface area contributed by atoms with Crippen LogP contribution in [0.3, 0.4) is 0 Å². The quantitative estimate of drug-likeness (QED) is 0.351. The van der Waals surface area contributed by atoms with Crippen LogP contribution in [0.5, 0.6) is 5.75 Å². The summed E-state index contributed by atoms with van der Waals surface area (Å²) in [5, 5.41) is 5.13. The number of ether oxygens (including phenoxy) is 1. The summed E-state index contributed by atoms with van der Waals surface area (Å²) < 4.78 is 24.6. The van der Waals surface area contributed by atoms with Crippen LogP contribution in [0.1, 0.15) is 28.6 Å². The first kappa shape index (κ1) is 19.4. The molecule has 0 fully saturated rings. The van der Waals surface area contributed by atoms with Crippen molar-refractivity contribution >= 4 is 22.6 Å². The van der Waals surface area contributed by atoms with E-state index in [1.807, 2.05) is 30.3 Å². The van der Waals surface area contributed by atoms with Gasteiger partial charge in [-0.2, -0.15) is 5.10 Å². The highest BCUT2D eigenvalue weighted by Gasteiger charge is 2.13. The lowest BCUT2D eigenvalue weighted by atomic mass is 10.2. The second kappa shape index (κ2) is 8.61. The number of benzene rings is 3. The van der Waals surface area contributed by atoms with Crippen LogP contribution < -0.4 is 10.2 Å². The smallest absolute Gasteiger partial charge is 0.275 e. The number of carbonyl (C=O) groups is 1. The van der Waals surface area contributed by atoms with E-state index in [0.717, 1.165) is 16.5 Å². The highest BCUT2D eigenvalue weighted by molar-refractivity contribution is 6.02. The standard InChI is InChI=1S/C24H19FN2O3/c1-16(23-14-18-6-2-4-8-21(18)30-23)26-27-24(28)20-7-3-5-9-22(20)29-15-17-10-12-19(25)13-11-17/h2-14H,15H2,1H3,(H,27,28). The van der Waals surface area contributed by atoms with Gasteiger partial charge >= 0.3 is 0 Å². The van der Waals surface area contributed by atoms with Gasteiger partial charge in [0, 0.05) is 5.39 Å². The van der Waals surface area contributed by atoms with Crippen molar-refractivity contribution in [2.24, 2.45) is 5.10 Å². The van der Waals surface area contributed by atoms with E-state index in [9.17, 15) is 9.18 Å². The number of amides is 1. The fraction of sp³-hybridized carbons (Fsp3) is 0.0833. The average molecular weight is 402 g/mol. The minimum Gasteiger partial charge on any atom is -0.488 e. The molecule has 0 radical (unpaired) electrons. The first-order chi connectivity index (χ1) is 14.6.